The normalized spacial score (nSPS) is 20.9. The zero-order valence-corrected chi connectivity index (χ0v) is 17.2. The van der Waals surface area contributed by atoms with Gasteiger partial charge in [0.05, 0.1) is 25.7 Å². The summed E-state index contributed by atoms with van der Waals surface area (Å²) < 4.78 is 0. The molecule has 8 heteroatoms. The van der Waals surface area contributed by atoms with Crippen molar-refractivity contribution in [2.24, 2.45) is 11.7 Å². The van der Waals surface area contributed by atoms with Gasteiger partial charge >= 0.3 is 0 Å². The minimum atomic E-state index is -0.0912. The molecular weight excluding hydrogens is 404 g/mol. The van der Waals surface area contributed by atoms with Crippen LogP contribution in [0.4, 0.5) is 5.00 Å². The lowest BCUT2D eigenvalue weighted by Crippen LogP contribution is -2.48. The number of nitrogens with two attached hydrogens (primary N) is 1. The second-order valence-electron chi connectivity index (χ2n) is 7.50. The molecule has 1 aromatic carbocycles. The third-order valence-electron chi connectivity index (χ3n) is 5.34. The smallest absolute Gasteiger partial charge is 0.264 e. The number of rotatable bonds is 5. The molecule has 6 nitrogen and oxygen atoms in total. The molecule has 2 aliphatic rings. The first-order chi connectivity index (χ1) is 14.1. The average Bonchev–Trinajstić information content (AvgIpc) is 3.09. The minimum Gasteiger partial charge on any atom is -0.336 e. The van der Waals surface area contributed by atoms with Gasteiger partial charge in [0, 0.05) is 31.2 Å². The molecule has 148 valence electrons. The van der Waals surface area contributed by atoms with Crippen LogP contribution in [-0.2, 0) is 4.79 Å². The van der Waals surface area contributed by atoms with Crippen LogP contribution in [0.5, 0.6) is 0 Å². The number of hydrogen-bond acceptors (Lipinski definition) is 6. The number of benzene rings is 1. The van der Waals surface area contributed by atoms with E-state index in [0.29, 0.717) is 23.0 Å². The van der Waals surface area contributed by atoms with E-state index >= 15 is 0 Å². The fourth-order valence-electron chi connectivity index (χ4n) is 3.42. The number of hydrogen-bond donors (Lipinski definition) is 2. The second-order valence-corrected chi connectivity index (χ2v) is 9.64. The molecule has 2 fully saturated rings. The highest BCUT2D eigenvalue weighted by Gasteiger charge is 2.40. The summed E-state index contributed by atoms with van der Waals surface area (Å²) in [5, 5.41) is 4.63. The molecule has 2 atom stereocenters. The second kappa shape index (κ2) is 7.37. The van der Waals surface area contributed by atoms with Gasteiger partial charge in [-0.2, -0.15) is 0 Å². The van der Waals surface area contributed by atoms with Gasteiger partial charge in [0.15, 0.2) is 0 Å². The van der Waals surface area contributed by atoms with Crippen molar-refractivity contribution in [1.82, 2.24) is 9.88 Å². The summed E-state index contributed by atoms with van der Waals surface area (Å²) in [6, 6.07) is 13.7. The van der Waals surface area contributed by atoms with Crippen molar-refractivity contribution in [3.8, 4) is 10.4 Å². The molecular formula is C21H20N4O2S2. The Balaban J connectivity index is 1.18. The van der Waals surface area contributed by atoms with Crippen molar-refractivity contribution in [2.75, 3.05) is 18.4 Å². The van der Waals surface area contributed by atoms with E-state index in [1.54, 1.807) is 23.5 Å². The predicted molar refractivity (Wildman–Crippen MR) is 115 cm³/mol. The Bertz CT molecular complexity index is 1060. The Kier molecular flexibility index (Phi) is 4.69. The van der Waals surface area contributed by atoms with Crippen molar-refractivity contribution in [3.05, 3.63) is 58.5 Å². The molecule has 1 saturated heterocycles. The first kappa shape index (κ1) is 18.5. The molecule has 29 heavy (non-hydrogen) atoms. The molecule has 3 aromatic rings. The summed E-state index contributed by atoms with van der Waals surface area (Å²) in [5.41, 5.74) is 6.88. The van der Waals surface area contributed by atoms with E-state index in [1.807, 2.05) is 29.3 Å². The number of thiazole rings is 1. The average molecular weight is 425 g/mol. The maximum absolute atomic E-state index is 12.7. The number of amides is 2. The largest absolute Gasteiger partial charge is 0.336 e. The topological polar surface area (TPSA) is 88.3 Å². The molecule has 1 aliphatic carbocycles. The third-order valence-corrected chi connectivity index (χ3v) is 7.54. The third kappa shape index (κ3) is 3.71. The van der Waals surface area contributed by atoms with Crippen molar-refractivity contribution in [3.63, 3.8) is 0 Å². The van der Waals surface area contributed by atoms with Crippen molar-refractivity contribution >= 4 is 39.5 Å². The number of anilines is 1. The Morgan fingerprint density at radius 3 is 2.59 bits per heavy atom. The number of nitrogens with zero attached hydrogens (tertiary/aromatic N) is 2. The summed E-state index contributed by atoms with van der Waals surface area (Å²) in [4.78, 5) is 32.9. The standard InChI is InChI=1S/C21H20N4O2S2/c22-15-8-14(15)19(26)24-18-7-6-16(28-18)21(27)25-10-13(11-25)20-23-9-17(29-20)12-4-2-1-3-5-12/h1-7,9,13-15H,8,10-11,22H2,(H,24,26)/t14-,15+/m1/s1. The zero-order chi connectivity index (χ0) is 20.0. The molecule has 2 aromatic heterocycles. The van der Waals surface area contributed by atoms with Crippen molar-refractivity contribution < 1.29 is 9.59 Å². The summed E-state index contributed by atoms with van der Waals surface area (Å²) in [6.45, 7) is 1.36. The zero-order valence-electron chi connectivity index (χ0n) is 15.6. The first-order valence-electron chi connectivity index (χ1n) is 9.55. The van der Waals surface area contributed by atoms with Gasteiger partial charge in [-0.05, 0) is 24.1 Å². The number of likely N-dealkylation sites (tertiary alicyclic amines) is 1. The predicted octanol–water partition coefficient (Wildman–Crippen LogP) is 3.40. The van der Waals surface area contributed by atoms with Gasteiger partial charge in [-0.15, -0.1) is 22.7 Å². The van der Waals surface area contributed by atoms with E-state index in [9.17, 15) is 9.59 Å². The van der Waals surface area contributed by atoms with E-state index in [-0.39, 0.29) is 29.7 Å². The number of nitrogens with one attached hydrogen (secondary N) is 1. The van der Waals surface area contributed by atoms with Crippen LogP contribution in [0.3, 0.4) is 0 Å². The lowest BCUT2D eigenvalue weighted by Gasteiger charge is -2.37. The van der Waals surface area contributed by atoms with Crippen molar-refractivity contribution in [1.29, 1.82) is 0 Å². The Labute approximate surface area is 176 Å². The highest BCUT2D eigenvalue weighted by atomic mass is 32.1. The minimum absolute atomic E-state index is 0.00899. The fourth-order valence-corrected chi connectivity index (χ4v) is 5.30. The molecule has 5 rings (SSSR count). The quantitative estimate of drug-likeness (QED) is 0.657. The summed E-state index contributed by atoms with van der Waals surface area (Å²) >= 11 is 3.01. The van der Waals surface area contributed by atoms with Crippen LogP contribution >= 0.6 is 22.7 Å². The van der Waals surface area contributed by atoms with Gasteiger partial charge in [0.25, 0.3) is 5.91 Å². The maximum Gasteiger partial charge on any atom is 0.264 e. The summed E-state index contributed by atoms with van der Waals surface area (Å²) in [7, 11) is 0. The Morgan fingerprint density at radius 1 is 1.10 bits per heavy atom. The maximum atomic E-state index is 12.7. The molecule has 0 radical (unpaired) electrons. The molecule has 0 bridgehead atoms. The SMILES string of the molecule is N[C@H]1C[C@H]1C(=O)Nc1ccc(C(=O)N2CC(c3ncc(-c4ccccc4)s3)C2)s1. The summed E-state index contributed by atoms with van der Waals surface area (Å²) in [6.07, 6.45) is 2.65. The fraction of sp³-hybridized carbons (Fsp3) is 0.286. The van der Waals surface area contributed by atoms with E-state index < -0.39 is 0 Å². The first-order valence-corrected chi connectivity index (χ1v) is 11.2. The highest BCUT2D eigenvalue weighted by Crippen LogP contribution is 2.36. The van der Waals surface area contributed by atoms with E-state index in [4.69, 9.17) is 5.73 Å². The van der Waals surface area contributed by atoms with E-state index in [2.05, 4.69) is 22.4 Å². The van der Waals surface area contributed by atoms with Crippen LogP contribution in [-0.4, -0.2) is 40.8 Å². The van der Waals surface area contributed by atoms with E-state index in [0.717, 1.165) is 16.3 Å². The molecule has 1 aliphatic heterocycles. The van der Waals surface area contributed by atoms with Gasteiger partial charge in [0.1, 0.15) is 0 Å². The van der Waals surface area contributed by atoms with Gasteiger partial charge in [0.2, 0.25) is 5.91 Å². The molecule has 0 spiro atoms. The molecule has 2 amide bonds. The van der Waals surface area contributed by atoms with Crippen LogP contribution in [0.25, 0.3) is 10.4 Å². The van der Waals surface area contributed by atoms with Gasteiger partial charge in [-0.25, -0.2) is 4.98 Å². The van der Waals surface area contributed by atoms with Crippen LogP contribution in [0.1, 0.15) is 27.0 Å². The Morgan fingerprint density at radius 2 is 1.86 bits per heavy atom. The van der Waals surface area contributed by atoms with Gasteiger partial charge < -0.3 is 16.0 Å². The lowest BCUT2D eigenvalue weighted by molar-refractivity contribution is -0.117. The Hall–Kier alpha value is -2.55. The van der Waals surface area contributed by atoms with Crippen LogP contribution in [0, 0.1) is 5.92 Å². The molecule has 0 unspecified atom stereocenters. The van der Waals surface area contributed by atoms with Gasteiger partial charge in [-0.3, -0.25) is 9.59 Å². The van der Waals surface area contributed by atoms with Crippen LogP contribution in [0.2, 0.25) is 0 Å². The summed E-state index contributed by atoms with van der Waals surface area (Å²) in [5.74, 6) is 0.151. The number of thiophene rings is 1. The monoisotopic (exact) mass is 424 g/mol. The highest BCUT2D eigenvalue weighted by molar-refractivity contribution is 7.18. The number of carbonyl (C=O) groups is 2. The van der Waals surface area contributed by atoms with Crippen LogP contribution < -0.4 is 11.1 Å². The van der Waals surface area contributed by atoms with Crippen molar-refractivity contribution in [2.45, 2.75) is 18.4 Å². The molecule has 3 heterocycles. The van der Waals surface area contributed by atoms with E-state index in [1.165, 1.54) is 16.9 Å². The molecule has 3 N–H and O–H groups in total. The number of carbonyl (C=O) groups excluding carboxylic acids is 2. The molecule has 1 saturated carbocycles. The number of aromatic nitrogens is 1. The lowest BCUT2D eigenvalue weighted by atomic mass is 10.0. The van der Waals surface area contributed by atoms with Crippen LogP contribution in [0.15, 0.2) is 48.7 Å². The van der Waals surface area contributed by atoms with Gasteiger partial charge in [-0.1, -0.05) is 30.3 Å².